The second-order valence-corrected chi connectivity index (χ2v) is 13.6. The number of hydrogen-bond donors (Lipinski definition) is 1. The molecule has 0 aliphatic heterocycles. The van der Waals surface area contributed by atoms with Crippen LogP contribution in [-0.2, 0) is 32.6 Å². The van der Waals surface area contributed by atoms with Gasteiger partial charge in [-0.05, 0) is 72.9 Å². The van der Waals surface area contributed by atoms with Crippen molar-refractivity contribution in [3.63, 3.8) is 0 Å². The van der Waals surface area contributed by atoms with Crippen LogP contribution in [-0.4, -0.2) is 44.3 Å². The lowest BCUT2D eigenvalue weighted by Crippen LogP contribution is -2.53. The van der Waals surface area contributed by atoms with Crippen LogP contribution in [0.3, 0.4) is 0 Å². The van der Waals surface area contributed by atoms with Crippen molar-refractivity contribution in [1.29, 1.82) is 0 Å². The van der Waals surface area contributed by atoms with E-state index in [1.165, 1.54) is 4.90 Å². The Bertz CT molecular complexity index is 1690. The monoisotopic (exact) mass is 645 g/mol. The van der Waals surface area contributed by atoms with Gasteiger partial charge in [0.2, 0.25) is 11.8 Å². The molecule has 0 bridgehead atoms. The molecule has 0 fully saturated rings. The summed E-state index contributed by atoms with van der Waals surface area (Å²) in [6.07, 6.45) is 0.243. The minimum absolute atomic E-state index is 0.0543. The molecule has 4 rings (SSSR count). The lowest BCUT2D eigenvalue weighted by Gasteiger charge is -2.34. The summed E-state index contributed by atoms with van der Waals surface area (Å²) < 4.78 is 29.5. The van der Waals surface area contributed by atoms with Crippen molar-refractivity contribution < 1.29 is 18.0 Å². The Labute approximate surface area is 271 Å². The molecule has 1 atom stereocenters. The number of sulfonamides is 1. The molecule has 0 aromatic heterocycles. The van der Waals surface area contributed by atoms with E-state index in [1.807, 2.05) is 62.4 Å². The van der Waals surface area contributed by atoms with Crippen LogP contribution in [0.4, 0.5) is 5.69 Å². The average Bonchev–Trinajstić information content (AvgIpc) is 3.02. The number of likely N-dealkylation sites (N-methyl/N-ethyl adjacent to an activating group) is 1. The van der Waals surface area contributed by atoms with Gasteiger partial charge in [0, 0.05) is 24.5 Å². The largest absolute Gasteiger partial charge is 0.355 e. The van der Waals surface area contributed by atoms with E-state index in [0.717, 1.165) is 21.0 Å². The van der Waals surface area contributed by atoms with Crippen molar-refractivity contribution in [2.24, 2.45) is 0 Å². The number of anilines is 1. The highest BCUT2D eigenvalue weighted by Crippen LogP contribution is 2.27. The molecule has 0 aliphatic carbocycles. The van der Waals surface area contributed by atoms with E-state index in [9.17, 15) is 18.0 Å². The van der Waals surface area contributed by atoms with Crippen molar-refractivity contribution >= 4 is 39.1 Å². The van der Waals surface area contributed by atoms with Crippen LogP contribution in [0, 0.1) is 6.92 Å². The molecule has 2 amide bonds. The summed E-state index contributed by atoms with van der Waals surface area (Å²) in [5.74, 6) is -0.608. The van der Waals surface area contributed by atoms with Gasteiger partial charge < -0.3 is 10.2 Å². The van der Waals surface area contributed by atoms with Crippen LogP contribution in [0.1, 0.15) is 48.9 Å². The Kier molecular flexibility index (Phi) is 11.4. The highest BCUT2D eigenvalue weighted by molar-refractivity contribution is 7.92. The highest BCUT2D eigenvalue weighted by atomic mass is 35.5. The summed E-state index contributed by atoms with van der Waals surface area (Å²) in [6.45, 7) is 7.73. The number of rotatable bonds is 13. The standard InChI is InChI=1S/C36H40ClN3O4S/c1-5-38-36(42)34(23-28-10-7-6-8-11-28)39(24-29-12-9-13-31(37)22-29)35(41)25-40(32-18-16-30(17-19-32)26(2)3)45(43,44)33-20-14-27(4)15-21-33/h6-22,26,34H,5,23-25H2,1-4H3,(H,38,42)/t34-/m0/s1. The molecule has 0 saturated carbocycles. The zero-order chi connectivity index (χ0) is 32.6. The maximum absolute atomic E-state index is 14.5. The summed E-state index contributed by atoms with van der Waals surface area (Å²) in [4.78, 5) is 29.6. The first kappa shape index (κ1) is 33.7. The van der Waals surface area contributed by atoms with Crippen LogP contribution >= 0.6 is 11.6 Å². The predicted octanol–water partition coefficient (Wildman–Crippen LogP) is 6.74. The summed E-state index contributed by atoms with van der Waals surface area (Å²) in [6, 6.07) is 29.4. The number of halogens is 1. The SMILES string of the molecule is CCNC(=O)[C@H](Cc1ccccc1)N(Cc1cccc(Cl)c1)C(=O)CN(c1ccc(C(C)C)cc1)S(=O)(=O)c1ccc(C)cc1. The van der Waals surface area contributed by atoms with Crippen molar-refractivity contribution in [3.05, 3.63) is 130 Å². The van der Waals surface area contributed by atoms with Gasteiger partial charge in [0.15, 0.2) is 0 Å². The van der Waals surface area contributed by atoms with Gasteiger partial charge in [-0.1, -0.05) is 97.7 Å². The molecular formula is C36H40ClN3O4S. The normalized spacial score (nSPS) is 12.0. The zero-order valence-electron chi connectivity index (χ0n) is 26.1. The summed E-state index contributed by atoms with van der Waals surface area (Å²) in [7, 11) is -4.16. The van der Waals surface area contributed by atoms with Crippen LogP contribution < -0.4 is 9.62 Å². The van der Waals surface area contributed by atoms with Crippen LogP contribution in [0.15, 0.2) is 108 Å². The third-order valence-corrected chi connectivity index (χ3v) is 9.62. The van der Waals surface area contributed by atoms with Gasteiger partial charge >= 0.3 is 0 Å². The van der Waals surface area contributed by atoms with Crippen molar-refractivity contribution in [1.82, 2.24) is 10.2 Å². The van der Waals surface area contributed by atoms with Gasteiger partial charge in [0.05, 0.1) is 10.6 Å². The fourth-order valence-electron chi connectivity index (χ4n) is 5.07. The number of hydrogen-bond acceptors (Lipinski definition) is 4. The molecule has 45 heavy (non-hydrogen) atoms. The van der Waals surface area contributed by atoms with E-state index in [0.29, 0.717) is 22.8 Å². The fraction of sp³-hybridized carbons (Fsp3) is 0.278. The van der Waals surface area contributed by atoms with Crippen LogP contribution in [0.25, 0.3) is 0 Å². The second kappa shape index (κ2) is 15.2. The minimum atomic E-state index is -4.16. The lowest BCUT2D eigenvalue weighted by atomic mass is 10.0. The quantitative estimate of drug-likeness (QED) is 0.174. The number of nitrogens with zero attached hydrogens (tertiary/aromatic N) is 2. The molecule has 0 unspecified atom stereocenters. The molecule has 4 aromatic rings. The summed E-state index contributed by atoms with van der Waals surface area (Å²) >= 11 is 6.30. The van der Waals surface area contributed by atoms with Gasteiger partial charge in [-0.2, -0.15) is 0 Å². The van der Waals surface area contributed by atoms with E-state index in [4.69, 9.17) is 11.6 Å². The van der Waals surface area contributed by atoms with Crippen LogP contribution in [0.2, 0.25) is 5.02 Å². The first-order chi connectivity index (χ1) is 21.5. The first-order valence-corrected chi connectivity index (χ1v) is 16.9. The summed E-state index contributed by atoms with van der Waals surface area (Å²) in [5, 5.41) is 3.36. The topological polar surface area (TPSA) is 86.8 Å². The second-order valence-electron chi connectivity index (χ2n) is 11.3. The predicted molar refractivity (Wildman–Crippen MR) is 181 cm³/mol. The van der Waals surface area contributed by atoms with Gasteiger partial charge in [0.25, 0.3) is 10.0 Å². The van der Waals surface area contributed by atoms with E-state index in [2.05, 4.69) is 19.2 Å². The first-order valence-electron chi connectivity index (χ1n) is 15.0. The number of nitrogens with one attached hydrogen (secondary N) is 1. The number of benzene rings is 4. The van der Waals surface area contributed by atoms with Gasteiger partial charge in [0.1, 0.15) is 12.6 Å². The molecule has 1 N–H and O–H groups in total. The lowest BCUT2D eigenvalue weighted by molar-refractivity contribution is -0.140. The van der Waals surface area contributed by atoms with Gasteiger partial charge in [-0.25, -0.2) is 8.42 Å². The number of carbonyl (C=O) groups excluding carboxylic acids is 2. The molecule has 236 valence electrons. The molecule has 0 spiro atoms. The Morgan fingerprint density at radius 1 is 0.844 bits per heavy atom. The van der Waals surface area contributed by atoms with Gasteiger partial charge in [-0.15, -0.1) is 0 Å². The minimum Gasteiger partial charge on any atom is -0.355 e. The van der Waals surface area contributed by atoms with E-state index >= 15 is 0 Å². The number of carbonyl (C=O) groups is 2. The number of aryl methyl sites for hydroxylation is 1. The fourth-order valence-corrected chi connectivity index (χ4v) is 6.70. The van der Waals surface area contributed by atoms with Crippen molar-refractivity contribution in [2.75, 3.05) is 17.4 Å². The Morgan fingerprint density at radius 2 is 1.49 bits per heavy atom. The van der Waals surface area contributed by atoms with Crippen LogP contribution in [0.5, 0.6) is 0 Å². The summed E-state index contributed by atoms with van der Waals surface area (Å²) in [5.41, 5.74) is 3.89. The maximum atomic E-state index is 14.5. The molecule has 7 nitrogen and oxygen atoms in total. The van der Waals surface area contributed by atoms with Crippen molar-refractivity contribution in [2.45, 2.75) is 57.5 Å². The Balaban J connectivity index is 1.80. The number of amides is 2. The molecule has 9 heteroatoms. The smallest absolute Gasteiger partial charge is 0.264 e. The van der Waals surface area contributed by atoms with E-state index < -0.39 is 28.5 Å². The third-order valence-electron chi connectivity index (χ3n) is 7.60. The van der Waals surface area contributed by atoms with Gasteiger partial charge in [-0.3, -0.25) is 13.9 Å². The molecule has 0 radical (unpaired) electrons. The van der Waals surface area contributed by atoms with E-state index in [1.54, 1.807) is 54.6 Å². The molecule has 0 aliphatic rings. The highest BCUT2D eigenvalue weighted by Gasteiger charge is 2.34. The third kappa shape index (κ3) is 8.74. The molecule has 0 saturated heterocycles. The average molecular weight is 646 g/mol. The maximum Gasteiger partial charge on any atom is 0.264 e. The zero-order valence-corrected chi connectivity index (χ0v) is 27.7. The molecule has 0 heterocycles. The Morgan fingerprint density at radius 3 is 2.09 bits per heavy atom. The Hall–Kier alpha value is -4.14. The molecule has 4 aromatic carbocycles. The van der Waals surface area contributed by atoms with E-state index in [-0.39, 0.29) is 29.7 Å². The van der Waals surface area contributed by atoms with Crippen molar-refractivity contribution in [3.8, 4) is 0 Å². The molecular weight excluding hydrogens is 606 g/mol.